The fraction of sp³-hybridized carbons (Fsp3) is 0.333. The number of hydrogen-bond donors (Lipinski definition) is 0. The number of ether oxygens (including phenoxy) is 1. The van der Waals surface area contributed by atoms with E-state index in [1.54, 1.807) is 6.07 Å². The van der Waals surface area contributed by atoms with Gasteiger partial charge < -0.3 is 4.74 Å². The molecule has 0 atom stereocenters. The Morgan fingerprint density at radius 1 is 1.36 bits per heavy atom. The highest BCUT2D eigenvalue weighted by atomic mass is 79.9. The van der Waals surface area contributed by atoms with Crippen LogP contribution in [0, 0.1) is 0 Å². The molecule has 0 aromatic heterocycles. The SMILES string of the molecule is COCc1ccc(Br)c(C(F)(F)F)c1. The van der Waals surface area contributed by atoms with E-state index in [4.69, 9.17) is 4.74 Å². The van der Waals surface area contributed by atoms with E-state index < -0.39 is 11.7 Å². The third kappa shape index (κ3) is 2.72. The number of alkyl halides is 3. The summed E-state index contributed by atoms with van der Waals surface area (Å²) in [6.07, 6.45) is -4.33. The van der Waals surface area contributed by atoms with Crippen molar-refractivity contribution in [2.45, 2.75) is 12.8 Å². The van der Waals surface area contributed by atoms with Gasteiger partial charge in [-0.25, -0.2) is 0 Å². The van der Waals surface area contributed by atoms with Gasteiger partial charge in [0.15, 0.2) is 0 Å². The van der Waals surface area contributed by atoms with Crippen LogP contribution in [-0.4, -0.2) is 7.11 Å². The van der Waals surface area contributed by atoms with Gasteiger partial charge in [-0.05, 0) is 17.7 Å². The van der Waals surface area contributed by atoms with E-state index in [-0.39, 0.29) is 11.1 Å². The molecular weight excluding hydrogens is 261 g/mol. The molecular formula is C9H8BrF3O. The first-order valence-electron chi connectivity index (χ1n) is 3.79. The molecule has 0 spiro atoms. The van der Waals surface area contributed by atoms with E-state index in [9.17, 15) is 13.2 Å². The smallest absolute Gasteiger partial charge is 0.380 e. The summed E-state index contributed by atoms with van der Waals surface area (Å²) in [4.78, 5) is 0. The van der Waals surface area contributed by atoms with Gasteiger partial charge in [0.2, 0.25) is 0 Å². The van der Waals surface area contributed by atoms with Crippen molar-refractivity contribution in [1.82, 2.24) is 0 Å². The Kier molecular flexibility index (Phi) is 3.55. The van der Waals surface area contributed by atoms with Crippen molar-refractivity contribution in [2.75, 3.05) is 7.11 Å². The topological polar surface area (TPSA) is 9.23 Å². The molecule has 1 aromatic carbocycles. The molecule has 1 rings (SSSR count). The Morgan fingerprint density at radius 2 is 2.00 bits per heavy atom. The maximum absolute atomic E-state index is 12.4. The lowest BCUT2D eigenvalue weighted by Gasteiger charge is -2.10. The Balaban J connectivity index is 3.09. The number of hydrogen-bond acceptors (Lipinski definition) is 1. The molecule has 5 heteroatoms. The quantitative estimate of drug-likeness (QED) is 0.796. The second kappa shape index (κ2) is 4.31. The van der Waals surface area contributed by atoms with Crippen LogP contribution in [-0.2, 0) is 17.5 Å². The standard InChI is InChI=1S/C9H8BrF3O/c1-14-5-6-2-3-8(10)7(4-6)9(11,12)13/h2-4H,5H2,1H3. The maximum Gasteiger partial charge on any atom is 0.417 e. The lowest BCUT2D eigenvalue weighted by Crippen LogP contribution is -2.06. The summed E-state index contributed by atoms with van der Waals surface area (Å²) >= 11 is 2.86. The van der Waals surface area contributed by atoms with Crippen LogP contribution in [0.5, 0.6) is 0 Å². The molecule has 0 bridgehead atoms. The zero-order valence-corrected chi connectivity index (χ0v) is 8.95. The minimum absolute atomic E-state index is 0.0462. The maximum atomic E-state index is 12.4. The molecule has 0 radical (unpaired) electrons. The Labute approximate surface area is 88.0 Å². The van der Waals surface area contributed by atoms with Crippen LogP contribution in [0.15, 0.2) is 22.7 Å². The highest BCUT2D eigenvalue weighted by molar-refractivity contribution is 9.10. The molecule has 0 aliphatic rings. The zero-order chi connectivity index (χ0) is 10.8. The van der Waals surface area contributed by atoms with E-state index in [1.807, 2.05) is 0 Å². The molecule has 1 nitrogen and oxygen atoms in total. The summed E-state index contributed by atoms with van der Waals surface area (Å²) in [5.41, 5.74) is -0.171. The normalized spacial score (nSPS) is 11.8. The van der Waals surface area contributed by atoms with Crippen molar-refractivity contribution < 1.29 is 17.9 Å². The fourth-order valence-corrected chi connectivity index (χ4v) is 1.52. The molecule has 0 saturated heterocycles. The second-order valence-electron chi connectivity index (χ2n) is 2.74. The Bertz CT molecular complexity index is 322. The van der Waals surface area contributed by atoms with E-state index in [0.29, 0.717) is 5.56 Å². The van der Waals surface area contributed by atoms with Gasteiger partial charge >= 0.3 is 6.18 Å². The third-order valence-corrected chi connectivity index (χ3v) is 2.34. The molecule has 0 N–H and O–H groups in total. The molecule has 0 amide bonds. The highest BCUT2D eigenvalue weighted by Gasteiger charge is 2.32. The van der Waals surface area contributed by atoms with Gasteiger partial charge in [-0.3, -0.25) is 0 Å². The summed E-state index contributed by atoms with van der Waals surface area (Å²) in [5, 5.41) is 0. The van der Waals surface area contributed by atoms with Crippen molar-refractivity contribution in [3.05, 3.63) is 33.8 Å². The van der Waals surface area contributed by atoms with Gasteiger partial charge in [0.1, 0.15) is 0 Å². The monoisotopic (exact) mass is 268 g/mol. The van der Waals surface area contributed by atoms with Crippen LogP contribution in [0.3, 0.4) is 0 Å². The first-order chi connectivity index (χ1) is 6.45. The fourth-order valence-electron chi connectivity index (χ4n) is 1.05. The van der Waals surface area contributed by atoms with Crippen LogP contribution >= 0.6 is 15.9 Å². The van der Waals surface area contributed by atoms with Crippen molar-refractivity contribution >= 4 is 15.9 Å². The minimum Gasteiger partial charge on any atom is -0.380 e. The summed E-state index contributed by atoms with van der Waals surface area (Å²) in [7, 11) is 1.44. The largest absolute Gasteiger partial charge is 0.417 e. The Hall–Kier alpha value is -0.550. The third-order valence-electron chi connectivity index (χ3n) is 1.65. The van der Waals surface area contributed by atoms with Crippen molar-refractivity contribution in [2.24, 2.45) is 0 Å². The summed E-state index contributed by atoms with van der Waals surface area (Å²) in [5.74, 6) is 0. The lowest BCUT2D eigenvalue weighted by atomic mass is 10.1. The van der Waals surface area contributed by atoms with Gasteiger partial charge in [-0.2, -0.15) is 13.2 Å². The van der Waals surface area contributed by atoms with Crippen LogP contribution in [0.25, 0.3) is 0 Å². The van der Waals surface area contributed by atoms with Gasteiger partial charge in [-0.1, -0.05) is 22.0 Å². The molecule has 78 valence electrons. The number of benzene rings is 1. The Morgan fingerprint density at radius 3 is 2.50 bits per heavy atom. The van der Waals surface area contributed by atoms with Crippen molar-refractivity contribution in [3.8, 4) is 0 Å². The average molecular weight is 269 g/mol. The molecule has 0 aliphatic carbocycles. The molecule has 0 unspecified atom stereocenters. The van der Waals surface area contributed by atoms with E-state index in [2.05, 4.69) is 15.9 Å². The lowest BCUT2D eigenvalue weighted by molar-refractivity contribution is -0.138. The van der Waals surface area contributed by atoms with E-state index >= 15 is 0 Å². The molecule has 1 aromatic rings. The number of methoxy groups -OCH3 is 1. The molecule has 0 aliphatic heterocycles. The van der Waals surface area contributed by atoms with Gasteiger partial charge in [0.05, 0.1) is 12.2 Å². The summed E-state index contributed by atoms with van der Waals surface area (Å²) in [6, 6.07) is 4.04. The molecule has 0 heterocycles. The number of halogens is 4. The first kappa shape index (κ1) is 11.5. The summed E-state index contributed by atoms with van der Waals surface area (Å²) < 4.78 is 42.0. The van der Waals surface area contributed by atoms with Crippen LogP contribution in [0.1, 0.15) is 11.1 Å². The first-order valence-corrected chi connectivity index (χ1v) is 4.59. The highest BCUT2D eigenvalue weighted by Crippen LogP contribution is 2.35. The van der Waals surface area contributed by atoms with Crippen molar-refractivity contribution in [3.63, 3.8) is 0 Å². The van der Waals surface area contributed by atoms with E-state index in [0.717, 1.165) is 6.07 Å². The van der Waals surface area contributed by atoms with Crippen LogP contribution in [0.4, 0.5) is 13.2 Å². The van der Waals surface area contributed by atoms with Gasteiger partial charge in [-0.15, -0.1) is 0 Å². The minimum atomic E-state index is -4.33. The molecule has 0 fully saturated rings. The molecule has 14 heavy (non-hydrogen) atoms. The summed E-state index contributed by atoms with van der Waals surface area (Å²) in [6.45, 7) is 0.177. The molecule has 0 saturated carbocycles. The van der Waals surface area contributed by atoms with Crippen LogP contribution in [0.2, 0.25) is 0 Å². The predicted molar refractivity (Wildman–Crippen MR) is 49.9 cm³/mol. The van der Waals surface area contributed by atoms with Gasteiger partial charge in [0.25, 0.3) is 0 Å². The van der Waals surface area contributed by atoms with Crippen molar-refractivity contribution in [1.29, 1.82) is 0 Å². The zero-order valence-electron chi connectivity index (χ0n) is 7.36. The van der Waals surface area contributed by atoms with Crippen LogP contribution < -0.4 is 0 Å². The van der Waals surface area contributed by atoms with E-state index in [1.165, 1.54) is 13.2 Å². The predicted octanol–water partition coefficient (Wildman–Crippen LogP) is 3.61. The second-order valence-corrected chi connectivity index (χ2v) is 3.60. The average Bonchev–Trinajstić information content (AvgIpc) is 2.07. The van der Waals surface area contributed by atoms with Gasteiger partial charge in [0, 0.05) is 11.6 Å². The number of rotatable bonds is 2.